The van der Waals surface area contributed by atoms with E-state index in [1.54, 1.807) is 16.6 Å². The third kappa shape index (κ3) is 3.59. The lowest BCUT2D eigenvalue weighted by Gasteiger charge is -2.17. The fraction of sp³-hybridized carbons (Fsp3) is 0.150. The highest BCUT2D eigenvalue weighted by molar-refractivity contribution is 7.12. The van der Waals surface area contributed by atoms with Crippen molar-refractivity contribution in [3.8, 4) is 11.1 Å². The van der Waals surface area contributed by atoms with Gasteiger partial charge >= 0.3 is 0 Å². The summed E-state index contributed by atoms with van der Waals surface area (Å²) in [4.78, 5) is 17.4. The summed E-state index contributed by atoms with van der Waals surface area (Å²) < 4.78 is 14.8. The van der Waals surface area contributed by atoms with Crippen molar-refractivity contribution in [3.63, 3.8) is 0 Å². The summed E-state index contributed by atoms with van der Waals surface area (Å²) in [5, 5.41) is 9.06. The fourth-order valence-corrected chi connectivity index (χ4v) is 3.84. The van der Waals surface area contributed by atoms with Crippen molar-refractivity contribution in [2.75, 3.05) is 5.73 Å². The van der Waals surface area contributed by atoms with Gasteiger partial charge in [0.05, 0.1) is 10.9 Å². The largest absolute Gasteiger partial charge is 0.366 e. The first kappa shape index (κ1) is 18.1. The van der Waals surface area contributed by atoms with Crippen LogP contribution in [0.3, 0.4) is 0 Å². The molecule has 0 fully saturated rings. The van der Waals surface area contributed by atoms with Crippen LogP contribution in [0, 0.1) is 5.82 Å². The van der Waals surface area contributed by atoms with Gasteiger partial charge < -0.3 is 11.1 Å². The number of carbonyl (C=O) groups is 1. The lowest BCUT2D eigenvalue weighted by molar-refractivity contribution is 0.0939. The Hall–Kier alpha value is -3.26. The van der Waals surface area contributed by atoms with Crippen LogP contribution in [0.4, 0.5) is 10.3 Å². The van der Waals surface area contributed by atoms with Crippen molar-refractivity contribution in [2.24, 2.45) is 0 Å². The Kier molecular flexibility index (Phi) is 4.79. The second-order valence-electron chi connectivity index (χ2n) is 6.38. The Morgan fingerprint density at radius 2 is 2.04 bits per heavy atom. The molecule has 0 saturated carbocycles. The summed E-state index contributed by atoms with van der Waals surface area (Å²) in [6.07, 6.45) is 2.54. The van der Waals surface area contributed by atoms with Gasteiger partial charge in [-0.15, -0.1) is 16.4 Å². The van der Waals surface area contributed by atoms with Gasteiger partial charge in [0, 0.05) is 11.8 Å². The molecule has 0 aliphatic rings. The quantitative estimate of drug-likeness (QED) is 0.534. The van der Waals surface area contributed by atoms with Crippen molar-refractivity contribution in [1.29, 1.82) is 0 Å². The summed E-state index contributed by atoms with van der Waals surface area (Å²) in [5.41, 5.74) is 9.00. The van der Waals surface area contributed by atoms with Crippen LogP contribution in [0.1, 0.15) is 34.6 Å². The minimum absolute atomic E-state index is 0.154. The van der Waals surface area contributed by atoms with E-state index in [9.17, 15) is 9.18 Å². The third-order valence-corrected chi connectivity index (χ3v) is 5.42. The monoisotopic (exact) mass is 395 g/mol. The molecule has 0 saturated heterocycles. The smallest absolute Gasteiger partial charge is 0.261 e. The predicted molar refractivity (Wildman–Crippen MR) is 108 cm³/mol. The molecule has 4 rings (SSSR count). The average Bonchev–Trinajstić information content (AvgIpc) is 3.32. The number of rotatable bonds is 5. The molecule has 4 aromatic rings. The highest BCUT2D eigenvalue weighted by Crippen LogP contribution is 2.27. The van der Waals surface area contributed by atoms with Crippen LogP contribution in [0.2, 0.25) is 0 Å². The van der Waals surface area contributed by atoms with Gasteiger partial charge in [-0.3, -0.25) is 4.79 Å². The third-order valence-electron chi connectivity index (χ3n) is 4.49. The number of nitrogens with one attached hydrogen (secondary N) is 1. The summed E-state index contributed by atoms with van der Waals surface area (Å²) >= 11 is 1.37. The molecule has 3 heterocycles. The van der Waals surface area contributed by atoms with E-state index in [-0.39, 0.29) is 23.7 Å². The summed E-state index contributed by atoms with van der Waals surface area (Å²) in [6.45, 7) is 1.98. The van der Waals surface area contributed by atoms with Gasteiger partial charge in [-0.25, -0.2) is 8.91 Å². The Labute approximate surface area is 164 Å². The van der Waals surface area contributed by atoms with Crippen LogP contribution in [0.25, 0.3) is 16.8 Å². The number of thiophene rings is 1. The Bertz CT molecular complexity index is 1140. The van der Waals surface area contributed by atoms with Crippen LogP contribution in [-0.2, 0) is 0 Å². The van der Waals surface area contributed by atoms with Gasteiger partial charge in [0.2, 0.25) is 5.95 Å². The van der Waals surface area contributed by atoms with Crippen LogP contribution < -0.4 is 11.1 Å². The van der Waals surface area contributed by atoms with E-state index in [2.05, 4.69) is 15.4 Å². The highest BCUT2D eigenvalue weighted by atomic mass is 32.1. The molecule has 1 amide bonds. The van der Waals surface area contributed by atoms with Crippen molar-refractivity contribution in [3.05, 3.63) is 70.3 Å². The molecule has 0 bridgehead atoms. The Morgan fingerprint density at radius 1 is 1.25 bits per heavy atom. The highest BCUT2D eigenvalue weighted by Gasteiger charge is 2.16. The zero-order valence-corrected chi connectivity index (χ0v) is 15.9. The average molecular weight is 395 g/mol. The van der Waals surface area contributed by atoms with Gasteiger partial charge in [0.15, 0.2) is 5.65 Å². The second-order valence-corrected chi connectivity index (χ2v) is 7.29. The van der Waals surface area contributed by atoms with Crippen molar-refractivity contribution in [2.45, 2.75) is 19.4 Å². The van der Waals surface area contributed by atoms with Crippen molar-refractivity contribution in [1.82, 2.24) is 19.9 Å². The standard InChI is InChI=1S/C20H18FN5OS/c1-2-16(12-3-6-15(21)7-4-12)23-19(27)17-9-14(11-28-17)13-5-8-18-24-20(22)25-26(18)10-13/h3-11,16H,2H2,1H3,(H2,22,25)(H,23,27). The molecule has 0 aliphatic heterocycles. The van der Waals surface area contributed by atoms with Crippen LogP contribution in [-0.4, -0.2) is 20.5 Å². The summed E-state index contributed by atoms with van der Waals surface area (Å²) in [7, 11) is 0. The van der Waals surface area contributed by atoms with Gasteiger partial charge in [0.1, 0.15) is 5.82 Å². The first-order valence-corrected chi connectivity index (χ1v) is 9.68. The lowest BCUT2D eigenvalue weighted by Crippen LogP contribution is -2.27. The van der Waals surface area contributed by atoms with Crippen LogP contribution >= 0.6 is 11.3 Å². The zero-order chi connectivity index (χ0) is 19.7. The lowest BCUT2D eigenvalue weighted by atomic mass is 10.0. The molecule has 28 heavy (non-hydrogen) atoms. The number of nitrogens with two attached hydrogens (primary N) is 1. The molecular weight excluding hydrogens is 377 g/mol. The summed E-state index contributed by atoms with van der Waals surface area (Å²) in [6, 6.07) is 11.6. The normalized spacial score (nSPS) is 12.2. The number of hydrogen-bond acceptors (Lipinski definition) is 5. The number of pyridine rings is 1. The van der Waals surface area contributed by atoms with Gasteiger partial charge in [-0.1, -0.05) is 19.1 Å². The van der Waals surface area contributed by atoms with Gasteiger partial charge in [-0.2, -0.15) is 4.98 Å². The first-order chi connectivity index (χ1) is 13.5. The molecule has 0 radical (unpaired) electrons. The summed E-state index contributed by atoms with van der Waals surface area (Å²) in [5.74, 6) is -0.230. The Balaban J connectivity index is 1.53. The topological polar surface area (TPSA) is 85.3 Å². The van der Waals surface area contributed by atoms with E-state index < -0.39 is 0 Å². The number of halogens is 1. The van der Waals surface area contributed by atoms with E-state index in [0.29, 0.717) is 16.9 Å². The second kappa shape index (κ2) is 7.40. The zero-order valence-electron chi connectivity index (χ0n) is 15.1. The first-order valence-electron chi connectivity index (χ1n) is 8.80. The van der Waals surface area contributed by atoms with Crippen LogP contribution in [0.15, 0.2) is 54.0 Å². The predicted octanol–water partition coefficient (Wildman–Crippen LogP) is 4.06. The molecule has 0 aliphatic carbocycles. The van der Waals surface area contributed by atoms with E-state index in [1.807, 2.05) is 36.7 Å². The number of benzene rings is 1. The molecule has 142 valence electrons. The molecular formula is C20H18FN5OS. The van der Waals surface area contributed by atoms with Gasteiger partial charge in [-0.05, 0) is 53.3 Å². The number of hydrogen-bond donors (Lipinski definition) is 2. The van der Waals surface area contributed by atoms with E-state index in [1.165, 1.54) is 23.5 Å². The molecule has 1 unspecified atom stereocenters. The number of nitrogen functional groups attached to an aromatic ring is 1. The van der Waals surface area contributed by atoms with E-state index in [0.717, 1.165) is 16.7 Å². The molecule has 3 aromatic heterocycles. The molecule has 1 atom stereocenters. The number of fused-ring (bicyclic) bond motifs is 1. The minimum Gasteiger partial charge on any atom is -0.366 e. The van der Waals surface area contributed by atoms with Gasteiger partial charge in [0.25, 0.3) is 5.91 Å². The van der Waals surface area contributed by atoms with E-state index in [4.69, 9.17) is 5.73 Å². The molecule has 8 heteroatoms. The van der Waals surface area contributed by atoms with Crippen molar-refractivity contribution >= 4 is 28.8 Å². The maximum atomic E-state index is 13.1. The van der Waals surface area contributed by atoms with Crippen LogP contribution in [0.5, 0.6) is 0 Å². The molecule has 3 N–H and O–H groups in total. The fourth-order valence-electron chi connectivity index (χ4n) is 3.02. The molecule has 6 nitrogen and oxygen atoms in total. The maximum Gasteiger partial charge on any atom is 0.261 e. The maximum absolute atomic E-state index is 13.1. The number of carbonyl (C=O) groups excluding carboxylic acids is 1. The molecule has 1 aromatic carbocycles. The number of aromatic nitrogens is 3. The number of amides is 1. The van der Waals surface area contributed by atoms with E-state index >= 15 is 0 Å². The minimum atomic E-state index is -0.293. The molecule has 0 spiro atoms. The van der Waals surface area contributed by atoms with Crippen molar-refractivity contribution < 1.29 is 9.18 Å². The number of anilines is 1. The SMILES string of the molecule is CCC(NC(=O)c1cc(-c2ccc3nc(N)nn3c2)cs1)c1ccc(F)cc1. The Morgan fingerprint density at radius 3 is 2.79 bits per heavy atom. The number of nitrogens with zero attached hydrogens (tertiary/aromatic N) is 3.